The number of anilines is 1. The number of methoxy groups -OCH3 is 2. The van der Waals surface area contributed by atoms with E-state index in [2.05, 4.69) is 5.32 Å². The molecule has 0 heterocycles. The van der Waals surface area contributed by atoms with Gasteiger partial charge in [-0.1, -0.05) is 11.6 Å². The third kappa shape index (κ3) is 7.18. The van der Waals surface area contributed by atoms with Crippen molar-refractivity contribution >= 4 is 34.9 Å². The van der Waals surface area contributed by atoms with Gasteiger partial charge in [0, 0.05) is 18.1 Å². The van der Waals surface area contributed by atoms with E-state index in [1.54, 1.807) is 24.3 Å². The zero-order valence-electron chi connectivity index (χ0n) is 17.5. The highest BCUT2D eigenvalue weighted by Crippen LogP contribution is 2.35. The average molecular weight is 450 g/mol. The molecule has 0 atom stereocenters. The van der Waals surface area contributed by atoms with Crippen LogP contribution in [0.1, 0.15) is 30.1 Å². The number of carbonyl (C=O) groups excluding carboxylic acids is 3. The van der Waals surface area contributed by atoms with Crippen molar-refractivity contribution in [1.29, 1.82) is 0 Å². The van der Waals surface area contributed by atoms with Crippen molar-refractivity contribution in [1.82, 2.24) is 0 Å². The molecule has 0 aromatic heterocycles. The second kappa shape index (κ2) is 11.8. The third-order valence-corrected chi connectivity index (χ3v) is 4.45. The number of rotatable bonds is 11. The van der Waals surface area contributed by atoms with Crippen LogP contribution >= 0.6 is 11.6 Å². The number of hydrogen-bond donors (Lipinski definition) is 1. The van der Waals surface area contributed by atoms with Crippen molar-refractivity contribution in [2.45, 2.75) is 19.8 Å². The minimum Gasteiger partial charge on any atom is -0.495 e. The first-order valence-electron chi connectivity index (χ1n) is 9.51. The van der Waals surface area contributed by atoms with E-state index in [4.69, 9.17) is 30.5 Å². The number of hydrogen-bond acceptors (Lipinski definition) is 7. The van der Waals surface area contributed by atoms with Gasteiger partial charge in [-0.2, -0.15) is 0 Å². The van der Waals surface area contributed by atoms with Gasteiger partial charge in [0.2, 0.25) is 0 Å². The summed E-state index contributed by atoms with van der Waals surface area (Å²) in [6.45, 7) is 1.89. The fraction of sp³-hybridized carbons (Fsp3) is 0.318. The molecule has 0 bridgehead atoms. The smallest absolute Gasteiger partial charge is 0.306 e. The summed E-state index contributed by atoms with van der Waals surface area (Å²) in [5.41, 5.74) is 0.775. The number of Topliss-reactive ketones (excluding diaryl/α,β-unsaturated/α-hetero) is 1. The lowest BCUT2D eigenvalue weighted by molar-refractivity contribution is -0.147. The van der Waals surface area contributed by atoms with Crippen molar-refractivity contribution in [2.24, 2.45) is 0 Å². The molecule has 2 aromatic carbocycles. The van der Waals surface area contributed by atoms with Gasteiger partial charge < -0.3 is 24.3 Å². The van der Waals surface area contributed by atoms with Gasteiger partial charge >= 0.3 is 5.97 Å². The Morgan fingerprint density at radius 2 is 1.65 bits per heavy atom. The fourth-order valence-electron chi connectivity index (χ4n) is 2.63. The largest absolute Gasteiger partial charge is 0.495 e. The quantitative estimate of drug-likeness (QED) is 0.410. The molecule has 2 rings (SSSR count). The number of ketones is 1. The zero-order valence-corrected chi connectivity index (χ0v) is 18.3. The third-order valence-electron chi connectivity index (χ3n) is 4.16. The van der Waals surface area contributed by atoms with E-state index in [1.807, 2.05) is 6.92 Å². The van der Waals surface area contributed by atoms with E-state index >= 15 is 0 Å². The fourth-order valence-corrected chi connectivity index (χ4v) is 2.87. The molecule has 0 aliphatic carbocycles. The second-order valence-electron chi connectivity index (χ2n) is 6.28. The Hall–Kier alpha value is -3.26. The molecule has 31 heavy (non-hydrogen) atoms. The SMILES string of the molecule is CCOc1ccc(C(=O)CCC(=O)OCC(=O)Nc2cc(Cl)c(OC)cc2OC)cc1. The number of amides is 1. The van der Waals surface area contributed by atoms with E-state index in [0.29, 0.717) is 35.1 Å². The molecule has 2 aromatic rings. The molecular weight excluding hydrogens is 426 g/mol. The zero-order chi connectivity index (χ0) is 22.8. The summed E-state index contributed by atoms with van der Waals surface area (Å²) in [6.07, 6.45) is -0.173. The number of esters is 1. The molecule has 0 spiro atoms. The van der Waals surface area contributed by atoms with Gasteiger partial charge in [0.15, 0.2) is 12.4 Å². The number of ether oxygens (including phenoxy) is 4. The molecule has 0 fully saturated rings. The minimum atomic E-state index is -0.658. The lowest BCUT2D eigenvalue weighted by atomic mass is 10.1. The Balaban J connectivity index is 1.81. The maximum Gasteiger partial charge on any atom is 0.306 e. The van der Waals surface area contributed by atoms with Gasteiger partial charge in [-0.25, -0.2) is 0 Å². The molecule has 166 valence electrons. The Bertz CT molecular complexity index is 928. The number of nitrogens with one attached hydrogen (secondary N) is 1. The second-order valence-corrected chi connectivity index (χ2v) is 6.68. The molecule has 0 aliphatic heterocycles. The van der Waals surface area contributed by atoms with Gasteiger partial charge in [0.25, 0.3) is 5.91 Å². The summed E-state index contributed by atoms with van der Waals surface area (Å²) in [6, 6.07) is 9.65. The predicted molar refractivity (Wildman–Crippen MR) is 115 cm³/mol. The van der Waals surface area contributed by atoms with Crippen LogP contribution in [-0.4, -0.2) is 45.1 Å². The minimum absolute atomic E-state index is 0.0314. The van der Waals surface area contributed by atoms with Gasteiger partial charge in [-0.15, -0.1) is 0 Å². The lowest BCUT2D eigenvalue weighted by Gasteiger charge is -2.13. The van der Waals surface area contributed by atoms with E-state index in [-0.39, 0.29) is 23.6 Å². The Kier molecular flexibility index (Phi) is 9.14. The maximum absolute atomic E-state index is 12.2. The van der Waals surface area contributed by atoms with Crippen molar-refractivity contribution in [3.8, 4) is 17.2 Å². The molecular formula is C22H24ClNO7. The van der Waals surface area contributed by atoms with Crippen molar-refractivity contribution in [3.05, 3.63) is 47.0 Å². The number of halogens is 1. The van der Waals surface area contributed by atoms with Crippen LogP contribution in [-0.2, 0) is 14.3 Å². The highest BCUT2D eigenvalue weighted by Gasteiger charge is 2.15. The van der Waals surface area contributed by atoms with Crippen molar-refractivity contribution in [3.63, 3.8) is 0 Å². The van der Waals surface area contributed by atoms with E-state index in [1.165, 1.54) is 26.4 Å². The summed E-state index contributed by atoms with van der Waals surface area (Å²) in [7, 11) is 2.89. The molecule has 0 unspecified atom stereocenters. The highest BCUT2D eigenvalue weighted by atomic mass is 35.5. The maximum atomic E-state index is 12.2. The van der Waals surface area contributed by atoms with Crippen LogP contribution in [0, 0.1) is 0 Å². The average Bonchev–Trinajstić information content (AvgIpc) is 2.77. The molecule has 8 nitrogen and oxygen atoms in total. The van der Waals surface area contributed by atoms with E-state index in [0.717, 1.165) is 0 Å². The summed E-state index contributed by atoms with van der Waals surface area (Å²) in [4.78, 5) is 36.2. The van der Waals surface area contributed by atoms with Crippen LogP contribution in [0.4, 0.5) is 5.69 Å². The molecule has 0 saturated carbocycles. The van der Waals surface area contributed by atoms with Crippen LogP contribution < -0.4 is 19.5 Å². The lowest BCUT2D eigenvalue weighted by Crippen LogP contribution is -2.21. The Morgan fingerprint density at radius 3 is 2.26 bits per heavy atom. The Labute approximate surface area is 185 Å². The van der Waals surface area contributed by atoms with Crippen molar-refractivity contribution < 1.29 is 33.3 Å². The number of benzene rings is 2. The van der Waals surface area contributed by atoms with Crippen LogP contribution in [0.5, 0.6) is 17.2 Å². The molecule has 9 heteroatoms. The highest BCUT2D eigenvalue weighted by molar-refractivity contribution is 6.32. The van der Waals surface area contributed by atoms with Gasteiger partial charge in [-0.05, 0) is 37.3 Å². The number of carbonyl (C=O) groups is 3. The standard InChI is InChI=1S/C22H24ClNO7/c1-4-30-15-7-5-14(6-8-15)18(25)9-10-22(27)31-13-21(26)24-17-11-16(23)19(28-2)12-20(17)29-3/h5-8,11-12H,4,9-10,13H2,1-3H3,(H,24,26). The first-order valence-corrected chi connectivity index (χ1v) is 9.88. The summed E-state index contributed by atoms with van der Waals surface area (Å²) in [5, 5.41) is 2.84. The monoisotopic (exact) mass is 449 g/mol. The van der Waals surface area contributed by atoms with Gasteiger partial charge in [-0.3, -0.25) is 14.4 Å². The van der Waals surface area contributed by atoms with Gasteiger partial charge in [0.1, 0.15) is 17.2 Å². The van der Waals surface area contributed by atoms with Crippen LogP contribution in [0.25, 0.3) is 0 Å². The molecule has 0 saturated heterocycles. The molecule has 0 aliphatic rings. The van der Waals surface area contributed by atoms with Crippen LogP contribution in [0.15, 0.2) is 36.4 Å². The molecule has 1 N–H and O–H groups in total. The first kappa shape index (κ1) is 24.0. The van der Waals surface area contributed by atoms with Gasteiger partial charge in [0.05, 0.1) is 38.0 Å². The molecule has 0 radical (unpaired) electrons. The van der Waals surface area contributed by atoms with Crippen LogP contribution in [0.3, 0.4) is 0 Å². The predicted octanol–water partition coefficient (Wildman–Crippen LogP) is 3.90. The summed E-state index contributed by atoms with van der Waals surface area (Å²) < 4.78 is 20.5. The first-order chi connectivity index (χ1) is 14.9. The van der Waals surface area contributed by atoms with Crippen LogP contribution in [0.2, 0.25) is 5.02 Å². The summed E-state index contributed by atoms with van der Waals surface area (Å²) in [5.74, 6) is -0.0526. The van der Waals surface area contributed by atoms with Crippen molar-refractivity contribution in [2.75, 3.05) is 32.8 Å². The Morgan fingerprint density at radius 1 is 0.968 bits per heavy atom. The van der Waals surface area contributed by atoms with E-state index < -0.39 is 18.5 Å². The normalized spacial score (nSPS) is 10.2. The molecule has 1 amide bonds. The topological polar surface area (TPSA) is 100 Å². The van der Waals surface area contributed by atoms with E-state index in [9.17, 15) is 14.4 Å². The summed E-state index contributed by atoms with van der Waals surface area (Å²) >= 11 is 6.06.